The molecular weight excluding hydrogens is 653 g/mol. The van der Waals surface area contributed by atoms with Crippen LogP contribution >= 0.6 is 0 Å². The Morgan fingerprint density at radius 2 is 1.09 bits per heavy atom. The summed E-state index contributed by atoms with van der Waals surface area (Å²) in [4.78, 5) is 4.92. The molecule has 12 rings (SSSR count). The minimum absolute atomic E-state index is 0.447. The third-order valence-corrected chi connectivity index (χ3v) is 12.3. The summed E-state index contributed by atoms with van der Waals surface area (Å²) in [5.41, 5.74) is 16.2. The summed E-state index contributed by atoms with van der Waals surface area (Å²) in [5.74, 6) is 1.08. The predicted octanol–water partition coefficient (Wildman–Crippen LogP) is 13.1. The van der Waals surface area contributed by atoms with Crippen molar-refractivity contribution in [3.05, 3.63) is 204 Å². The Labute approximate surface area is 313 Å². The summed E-state index contributed by atoms with van der Waals surface area (Å²) < 4.78 is 2.30. The van der Waals surface area contributed by atoms with Gasteiger partial charge in [0.05, 0.1) is 16.4 Å². The van der Waals surface area contributed by atoms with Crippen molar-refractivity contribution in [1.82, 2.24) is 9.55 Å². The lowest BCUT2D eigenvalue weighted by Crippen LogP contribution is -2.26. The minimum Gasteiger partial charge on any atom is -0.296 e. The van der Waals surface area contributed by atoms with Crippen molar-refractivity contribution in [2.75, 3.05) is 0 Å². The minimum atomic E-state index is -0.447. The van der Waals surface area contributed by atoms with E-state index in [2.05, 4.69) is 187 Å². The van der Waals surface area contributed by atoms with Crippen LogP contribution in [-0.4, -0.2) is 9.55 Å². The molecule has 0 amide bonds. The molecule has 1 spiro atoms. The standard InChI is InChI=1S/C52H34N2/c1-2-49-53-47-21-11-12-22-48(47)54(49)36-27-25-32(26-28-36)33-23-24-34-30-43-46(31-35(34)29-33)52(44-19-9-7-15-39(44)40-16-8-10-20-45(40)52)51-42-18-6-4-14-38(42)37-13-3-5-17-41(37)50(43)51/h3-31H,2H2,1H3. The second kappa shape index (κ2) is 10.9. The molecule has 0 N–H and O–H groups in total. The van der Waals surface area contributed by atoms with Crippen molar-refractivity contribution < 1.29 is 0 Å². The van der Waals surface area contributed by atoms with E-state index in [0.29, 0.717) is 0 Å². The van der Waals surface area contributed by atoms with Gasteiger partial charge in [0.25, 0.3) is 0 Å². The van der Waals surface area contributed by atoms with Crippen LogP contribution in [0.1, 0.15) is 35.0 Å². The molecule has 0 unspecified atom stereocenters. The highest BCUT2D eigenvalue weighted by molar-refractivity contribution is 6.20. The van der Waals surface area contributed by atoms with Gasteiger partial charge in [0.15, 0.2) is 0 Å². The highest BCUT2D eigenvalue weighted by Crippen LogP contribution is 2.65. The highest BCUT2D eigenvalue weighted by atomic mass is 15.1. The number of hydrogen-bond donors (Lipinski definition) is 0. The molecule has 1 aromatic heterocycles. The van der Waals surface area contributed by atoms with Gasteiger partial charge in [-0.3, -0.25) is 4.57 Å². The number of hydrogen-bond acceptors (Lipinski definition) is 1. The molecule has 0 saturated heterocycles. The van der Waals surface area contributed by atoms with Gasteiger partial charge >= 0.3 is 0 Å². The maximum Gasteiger partial charge on any atom is 0.114 e. The zero-order valence-electron chi connectivity index (χ0n) is 29.8. The van der Waals surface area contributed by atoms with Gasteiger partial charge in [-0.1, -0.05) is 140 Å². The molecule has 10 aromatic rings. The molecule has 2 heteroatoms. The number of imidazole rings is 1. The molecule has 54 heavy (non-hydrogen) atoms. The molecule has 0 fully saturated rings. The van der Waals surface area contributed by atoms with Gasteiger partial charge in [-0.2, -0.15) is 0 Å². The van der Waals surface area contributed by atoms with Gasteiger partial charge in [-0.25, -0.2) is 4.98 Å². The maximum absolute atomic E-state index is 4.92. The Bertz CT molecular complexity index is 3150. The smallest absolute Gasteiger partial charge is 0.114 e. The van der Waals surface area contributed by atoms with Crippen LogP contribution in [0.15, 0.2) is 176 Å². The lowest BCUT2D eigenvalue weighted by atomic mass is 9.69. The molecule has 2 aliphatic rings. The SMILES string of the molecule is CCc1nc2ccccc2n1-c1ccc(-c2ccc3cc4c(cc3c2)C2(c3ccccc3-c3ccccc32)c2c-4c3ccccc3c3ccccc23)cc1. The van der Waals surface area contributed by atoms with Crippen molar-refractivity contribution in [3.63, 3.8) is 0 Å². The first-order valence-corrected chi connectivity index (χ1v) is 19.0. The van der Waals surface area contributed by atoms with E-state index in [1.165, 1.54) is 88.0 Å². The molecule has 2 nitrogen and oxygen atoms in total. The fourth-order valence-electron chi connectivity index (χ4n) is 10.1. The fourth-order valence-corrected chi connectivity index (χ4v) is 10.1. The topological polar surface area (TPSA) is 17.8 Å². The van der Waals surface area contributed by atoms with Gasteiger partial charge < -0.3 is 0 Å². The fraction of sp³-hybridized carbons (Fsp3) is 0.0577. The summed E-state index contributed by atoms with van der Waals surface area (Å²) >= 11 is 0. The second-order valence-electron chi connectivity index (χ2n) is 14.9. The largest absolute Gasteiger partial charge is 0.296 e. The van der Waals surface area contributed by atoms with Gasteiger partial charge in [0.2, 0.25) is 0 Å². The lowest BCUT2D eigenvalue weighted by Gasteiger charge is -2.32. The molecule has 0 radical (unpaired) electrons. The van der Waals surface area contributed by atoms with Crippen LogP contribution in [0.25, 0.3) is 82.4 Å². The van der Waals surface area contributed by atoms with Crippen LogP contribution in [0.2, 0.25) is 0 Å². The van der Waals surface area contributed by atoms with Gasteiger partial charge in [0, 0.05) is 12.1 Å². The van der Waals surface area contributed by atoms with Crippen LogP contribution in [0.3, 0.4) is 0 Å². The first-order chi connectivity index (χ1) is 26.7. The Morgan fingerprint density at radius 3 is 1.83 bits per heavy atom. The first kappa shape index (κ1) is 29.8. The van der Waals surface area contributed by atoms with Crippen molar-refractivity contribution in [2.24, 2.45) is 0 Å². The molecular formula is C52H34N2. The Morgan fingerprint density at radius 1 is 0.481 bits per heavy atom. The lowest BCUT2D eigenvalue weighted by molar-refractivity contribution is 0.803. The van der Waals surface area contributed by atoms with E-state index in [4.69, 9.17) is 4.98 Å². The van der Waals surface area contributed by atoms with Crippen molar-refractivity contribution in [2.45, 2.75) is 18.8 Å². The van der Waals surface area contributed by atoms with E-state index in [-0.39, 0.29) is 0 Å². The normalized spacial score (nSPS) is 13.5. The average Bonchev–Trinajstić information content (AvgIpc) is 3.87. The summed E-state index contributed by atoms with van der Waals surface area (Å²) in [6.07, 6.45) is 0.872. The number of benzene rings is 9. The average molecular weight is 687 g/mol. The monoisotopic (exact) mass is 686 g/mol. The summed E-state index contributed by atoms with van der Waals surface area (Å²) in [6, 6.07) is 65.8. The van der Waals surface area contributed by atoms with Crippen molar-refractivity contribution in [1.29, 1.82) is 0 Å². The molecule has 0 bridgehead atoms. The number of nitrogens with zero attached hydrogens (tertiary/aromatic N) is 2. The molecule has 9 aromatic carbocycles. The number of aryl methyl sites for hydroxylation is 1. The maximum atomic E-state index is 4.92. The number of para-hydroxylation sites is 2. The summed E-state index contributed by atoms with van der Waals surface area (Å²) in [7, 11) is 0. The molecule has 0 saturated carbocycles. The molecule has 0 aliphatic heterocycles. The number of aromatic nitrogens is 2. The third kappa shape index (κ3) is 3.77. The molecule has 0 atom stereocenters. The number of rotatable bonds is 3. The Hall–Kier alpha value is -6.77. The Balaban J connectivity index is 1.11. The predicted molar refractivity (Wildman–Crippen MR) is 225 cm³/mol. The molecule has 2 aliphatic carbocycles. The van der Waals surface area contributed by atoms with E-state index in [1.54, 1.807) is 0 Å². The van der Waals surface area contributed by atoms with Crippen LogP contribution in [0, 0.1) is 0 Å². The van der Waals surface area contributed by atoms with E-state index in [1.807, 2.05) is 0 Å². The van der Waals surface area contributed by atoms with Crippen molar-refractivity contribution in [3.8, 4) is 39.1 Å². The molecule has 1 heterocycles. The van der Waals surface area contributed by atoms with Crippen LogP contribution in [0.5, 0.6) is 0 Å². The van der Waals surface area contributed by atoms with Crippen LogP contribution < -0.4 is 0 Å². The second-order valence-corrected chi connectivity index (χ2v) is 14.9. The van der Waals surface area contributed by atoms with E-state index < -0.39 is 5.41 Å². The van der Waals surface area contributed by atoms with Crippen molar-refractivity contribution >= 4 is 43.4 Å². The molecule has 252 valence electrons. The third-order valence-electron chi connectivity index (χ3n) is 12.3. The van der Waals surface area contributed by atoms with Crippen LogP contribution in [0.4, 0.5) is 0 Å². The summed E-state index contributed by atoms with van der Waals surface area (Å²) in [5, 5.41) is 7.78. The highest BCUT2D eigenvalue weighted by Gasteiger charge is 2.53. The summed E-state index contributed by atoms with van der Waals surface area (Å²) in [6.45, 7) is 2.17. The van der Waals surface area contributed by atoms with E-state index >= 15 is 0 Å². The Kier molecular flexibility index (Phi) is 6.00. The van der Waals surface area contributed by atoms with Gasteiger partial charge in [-0.15, -0.1) is 0 Å². The zero-order chi connectivity index (χ0) is 35.5. The van der Waals surface area contributed by atoms with Crippen LogP contribution in [-0.2, 0) is 11.8 Å². The van der Waals surface area contributed by atoms with Gasteiger partial charge in [0.1, 0.15) is 5.82 Å². The number of fused-ring (bicyclic) bond motifs is 17. The van der Waals surface area contributed by atoms with E-state index in [0.717, 1.165) is 29.0 Å². The zero-order valence-corrected chi connectivity index (χ0v) is 29.8. The quantitative estimate of drug-likeness (QED) is 0.169. The first-order valence-electron chi connectivity index (χ1n) is 19.0. The van der Waals surface area contributed by atoms with Gasteiger partial charge in [-0.05, 0) is 130 Å². The van der Waals surface area contributed by atoms with E-state index in [9.17, 15) is 0 Å².